The Kier molecular flexibility index (Phi) is 6.25. The van der Waals surface area contributed by atoms with Gasteiger partial charge in [0.1, 0.15) is 12.1 Å². The first-order valence-corrected chi connectivity index (χ1v) is 10.9. The Balaban J connectivity index is 1.59. The van der Waals surface area contributed by atoms with Crippen molar-refractivity contribution in [1.82, 2.24) is 20.1 Å². The number of nitrogens with zero attached hydrogens (tertiary/aromatic N) is 5. The van der Waals surface area contributed by atoms with Gasteiger partial charge in [0, 0.05) is 36.1 Å². The van der Waals surface area contributed by atoms with Crippen LogP contribution in [0.25, 0.3) is 22.5 Å². The van der Waals surface area contributed by atoms with Crippen molar-refractivity contribution in [1.29, 1.82) is 0 Å². The lowest BCUT2D eigenvalue weighted by atomic mass is 10.1. The smallest absolute Gasteiger partial charge is 0.410 e. The van der Waals surface area contributed by atoms with Crippen LogP contribution >= 0.6 is 0 Å². The van der Waals surface area contributed by atoms with E-state index in [2.05, 4.69) is 15.2 Å². The van der Waals surface area contributed by atoms with Crippen LogP contribution in [0.15, 0.2) is 42.6 Å². The number of aromatic nitrogens is 3. The number of halogens is 1. The number of hydrogen-bond donors (Lipinski definition) is 2. The molecule has 11 heteroatoms. The lowest BCUT2D eigenvalue weighted by molar-refractivity contribution is -0.121. The normalized spacial score (nSPS) is 14.2. The third-order valence-electron chi connectivity index (χ3n) is 5.29. The zero-order chi connectivity index (χ0) is 25.3. The van der Waals surface area contributed by atoms with Crippen LogP contribution in [0.3, 0.4) is 0 Å². The van der Waals surface area contributed by atoms with Gasteiger partial charge < -0.3 is 20.5 Å². The standard InChI is InChI=1S/C24H25FN6O4/c1-24(2,3)35-23(34)30-9-10-31(20(32)13-30)14-7-8-27-18(11-14)16-12-19(28-29-22(16)26)15-5-4-6-17(25)21(15)33/h4-8,11-12,33H,9-10,13H2,1-3H3,(H2,26,29). The van der Waals surface area contributed by atoms with Crippen molar-refractivity contribution in [3.63, 3.8) is 0 Å². The first-order valence-electron chi connectivity index (χ1n) is 10.9. The van der Waals surface area contributed by atoms with E-state index in [1.165, 1.54) is 23.2 Å². The molecular formula is C24H25FN6O4. The number of rotatable bonds is 3. The Labute approximate surface area is 201 Å². The topological polar surface area (TPSA) is 135 Å². The van der Waals surface area contributed by atoms with Crippen LogP contribution in [-0.4, -0.2) is 62.4 Å². The molecule has 3 heterocycles. The van der Waals surface area contributed by atoms with Crippen molar-refractivity contribution in [2.45, 2.75) is 26.4 Å². The number of phenols is 1. The molecule has 2 amide bonds. The molecule has 0 saturated carbocycles. The molecule has 10 nitrogen and oxygen atoms in total. The van der Waals surface area contributed by atoms with Crippen LogP contribution in [0.1, 0.15) is 20.8 Å². The van der Waals surface area contributed by atoms with Gasteiger partial charge in [-0.05, 0) is 51.1 Å². The van der Waals surface area contributed by atoms with E-state index in [0.29, 0.717) is 23.5 Å². The Morgan fingerprint density at radius 1 is 1.11 bits per heavy atom. The van der Waals surface area contributed by atoms with Crippen LogP contribution < -0.4 is 10.6 Å². The molecule has 182 valence electrons. The van der Waals surface area contributed by atoms with Crippen molar-refractivity contribution in [2.75, 3.05) is 30.3 Å². The van der Waals surface area contributed by atoms with E-state index in [0.717, 1.165) is 6.07 Å². The van der Waals surface area contributed by atoms with Crippen molar-refractivity contribution in [3.05, 3.63) is 48.4 Å². The highest BCUT2D eigenvalue weighted by Gasteiger charge is 2.31. The second-order valence-electron chi connectivity index (χ2n) is 9.01. The third kappa shape index (κ3) is 5.13. The Bertz CT molecular complexity index is 1290. The molecule has 0 spiro atoms. The number of carbonyl (C=O) groups is 2. The molecule has 3 N–H and O–H groups in total. The number of carbonyl (C=O) groups excluding carboxylic acids is 2. The van der Waals surface area contributed by atoms with E-state index in [-0.39, 0.29) is 36.1 Å². The van der Waals surface area contributed by atoms with E-state index in [9.17, 15) is 19.1 Å². The molecule has 0 atom stereocenters. The number of piperazine rings is 1. The maximum Gasteiger partial charge on any atom is 0.410 e. The molecule has 35 heavy (non-hydrogen) atoms. The maximum absolute atomic E-state index is 13.8. The molecule has 1 saturated heterocycles. The molecule has 2 aromatic heterocycles. The summed E-state index contributed by atoms with van der Waals surface area (Å²) in [6, 6.07) is 8.98. The number of phenolic OH excluding ortho intramolecular Hbond substituents is 1. The molecule has 3 aromatic rings. The zero-order valence-corrected chi connectivity index (χ0v) is 19.5. The number of benzene rings is 1. The van der Waals surface area contributed by atoms with Crippen molar-refractivity contribution in [2.24, 2.45) is 0 Å². The fraction of sp³-hybridized carbons (Fsp3) is 0.292. The fourth-order valence-electron chi connectivity index (χ4n) is 3.62. The van der Waals surface area contributed by atoms with Gasteiger partial charge in [0.2, 0.25) is 5.91 Å². The summed E-state index contributed by atoms with van der Waals surface area (Å²) in [5.41, 5.74) is 7.12. The minimum absolute atomic E-state index is 0.0790. The zero-order valence-electron chi connectivity index (χ0n) is 19.5. The first-order chi connectivity index (χ1) is 16.5. The van der Waals surface area contributed by atoms with E-state index in [4.69, 9.17) is 10.5 Å². The number of ether oxygens (including phenoxy) is 1. The fourth-order valence-corrected chi connectivity index (χ4v) is 3.62. The summed E-state index contributed by atoms with van der Waals surface area (Å²) in [6.07, 6.45) is 0.988. The molecule has 0 bridgehead atoms. The summed E-state index contributed by atoms with van der Waals surface area (Å²) < 4.78 is 19.2. The van der Waals surface area contributed by atoms with E-state index in [1.807, 2.05) is 0 Å². The van der Waals surface area contributed by atoms with Gasteiger partial charge in [-0.15, -0.1) is 10.2 Å². The molecule has 1 fully saturated rings. The lowest BCUT2D eigenvalue weighted by Gasteiger charge is -2.35. The molecular weight excluding hydrogens is 455 g/mol. The van der Waals surface area contributed by atoms with Crippen molar-refractivity contribution >= 4 is 23.5 Å². The van der Waals surface area contributed by atoms with Crippen LogP contribution in [0, 0.1) is 5.82 Å². The predicted octanol–water partition coefficient (Wildman–Crippen LogP) is 3.22. The number of para-hydroxylation sites is 1. The van der Waals surface area contributed by atoms with Gasteiger partial charge in [0.15, 0.2) is 17.4 Å². The molecule has 0 unspecified atom stereocenters. The predicted molar refractivity (Wildman–Crippen MR) is 127 cm³/mol. The second-order valence-corrected chi connectivity index (χ2v) is 9.01. The first kappa shape index (κ1) is 23.9. The van der Waals surface area contributed by atoms with Gasteiger partial charge in [-0.2, -0.15) is 0 Å². The molecule has 1 aliphatic rings. The maximum atomic E-state index is 13.8. The lowest BCUT2D eigenvalue weighted by Crippen LogP contribution is -2.53. The van der Waals surface area contributed by atoms with Crippen LogP contribution in [0.4, 0.5) is 20.7 Å². The molecule has 0 radical (unpaired) electrons. The van der Waals surface area contributed by atoms with Gasteiger partial charge in [-0.1, -0.05) is 6.07 Å². The number of anilines is 2. The van der Waals surface area contributed by atoms with E-state index >= 15 is 0 Å². The minimum Gasteiger partial charge on any atom is -0.504 e. The van der Waals surface area contributed by atoms with Gasteiger partial charge in [0.25, 0.3) is 0 Å². The number of nitrogen functional groups attached to an aromatic ring is 1. The summed E-state index contributed by atoms with van der Waals surface area (Å²) >= 11 is 0. The quantitative estimate of drug-likeness (QED) is 0.584. The highest BCUT2D eigenvalue weighted by Crippen LogP contribution is 2.34. The molecule has 1 aromatic carbocycles. The second kappa shape index (κ2) is 9.16. The number of pyridine rings is 1. The molecule has 1 aliphatic heterocycles. The van der Waals surface area contributed by atoms with Crippen molar-refractivity contribution in [3.8, 4) is 28.3 Å². The summed E-state index contributed by atoms with van der Waals surface area (Å²) in [7, 11) is 0. The number of amides is 2. The Morgan fingerprint density at radius 3 is 2.60 bits per heavy atom. The number of nitrogens with two attached hydrogens (primary N) is 1. The summed E-state index contributed by atoms with van der Waals surface area (Å²) in [4.78, 5) is 32.4. The largest absolute Gasteiger partial charge is 0.504 e. The number of aromatic hydroxyl groups is 1. The van der Waals surface area contributed by atoms with Crippen molar-refractivity contribution < 1.29 is 23.8 Å². The van der Waals surface area contributed by atoms with E-state index in [1.54, 1.807) is 43.9 Å². The average molecular weight is 481 g/mol. The molecule has 0 aliphatic carbocycles. The summed E-state index contributed by atoms with van der Waals surface area (Å²) in [6.45, 7) is 5.76. The highest BCUT2D eigenvalue weighted by atomic mass is 19.1. The summed E-state index contributed by atoms with van der Waals surface area (Å²) in [5, 5.41) is 18.0. The summed E-state index contributed by atoms with van der Waals surface area (Å²) in [5.74, 6) is -1.53. The third-order valence-corrected chi connectivity index (χ3v) is 5.29. The monoisotopic (exact) mass is 480 g/mol. The number of hydrogen-bond acceptors (Lipinski definition) is 8. The van der Waals surface area contributed by atoms with Gasteiger partial charge in [-0.25, -0.2) is 9.18 Å². The van der Waals surface area contributed by atoms with Gasteiger partial charge >= 0.3 is 6.09 Å². The minimum atomic E-state index is -0.785. The van der Waals surface area contributed by atoms with Crippen LogP contribution in [0.5, 0.6) is 5.75 Å². The average Bonchev–Trinajstić information content (AvgIpc) is 2.80. The Morgan fingerprint density at radius 2 is 1.89 bits per heavy atom. The van der Waals surface area contributed by atoms with Crippen LogP contribution in [-0.2, 0) is 9.53 Å². The SMILES string of the molecule is CC(C)(C)OC(=O)N1CCN(c2ccnc(-c3cc(-c4cccc(F)c4O)nnc3N)c2)C(=O)C1. The molecule has 4 rings (SSSR count). The van der Waals surface area contributed by atoms with Gasteiger partial charge in [-0.3, -0.25) is 14.7 Å². The highest BCUT2D eigenvalue weighted by molar-refractivity contribution is 5.97. The van der Waals surface area contributed by atoms with E-state index < -0.39 is 23.3 Å². The Hall–Kier alpha value is -4.28. The van der Waals surface area contributed by atoms with Gasteiger partial charge in [0.05, 0.1) is 11.4 Å². The van der Waals surface area contributed by atoms with Crippen LogP contribution in [0.2, 0.25) is 0 Å².